The molecule has 94 valence electrons. The molecule has 0 bridgehead atoms. The third-order valence-electron chi connectivity index (χ3n) is 3.23. The van der Waals surface area contributed by atoms with Gasteiger partial charge in [0, 0.05) is 16.1 Å². The standard InChI is InChI=1S/C13H17BrFNO/c1-17-12-6-5-11(14)10(13(12)15)8-9-4-2-3-7-16-9/h5-6,9,16H,2-4,7-8H2,1H3. The maximum Gasteiger partial charge on any atom is 0.169 e. The van der Waals surface area contributed by atoms with Gasteiger partial charge in [-0.1, -0.05) is 22.4 Å². The molecule has 1 aliphatic heterocycles. The first kappa shape index (κ1) is 12.8. The number of hydrogen-bond acceptors (Lipinski definition) is 2. The lowest BCUT2D eigenvalue weighted by atomic mass is 9.97. The van der Waals surface area contributed by atoms with E-state index in [1.54, 1.807) is 6.07 Å². The predicted molar refractivity (Wildman–Crippen MR) is 70.0 cm³/mol. The summed E-state index contributed by atoms with van der Waals surface area (Å²) in [5.74, 6) is 0.0771. The molecule has 0 aromatic heterocycles. The lowest BCUT2D eigenvalue weighted by Gasteiger charge is -2.24. The second-order valence-electron chi connectivity index (χ2n) is 4.39. The van der Waals surface area contributed by atoms with Gasteiger partial charge in [-0.25, -0.2) is 4.39 Å². The molecule has 1 aromatic rings. The minimum Gasteiger partial charge on any atom is -0.494 e. The van der Waals surface area contributed by atoms with E-state index >= 15 is 0 Å². The van der Waals surface area contributed by atoms with Crippen LogP contribution in [-0.4, -0.2) is 19.7 Å². The third-order valence-corrected chi connectivity index (χ3v) is 3.98. The van der Waals surface area contributed by atoms with E-state index in [0.29, 0.717) is 23.8 Å². The van der Waals surface area contributed by atoms with Crippen molar-refractivity contribution >= 4 is 15.9 Å². The molecule has 0 amide bonds. The summed E-state index contributed by atoms with van der Waals surface area (Å²) in [6.45, 7) is 1.04. The van der Waals surface area contributed by atoms with Crippen LogP contribution < -0.4 is 10.1 Å². The zero-order chi connectivity index (χ0) is 12.3. The molecular weight excluding hydrogens is 285 g/mol. The summed E-state index contributed by atoms with van der Waals surface area (Å²) in [5, 5.41) is 3.43. The van der Waals surface area contributed by atoms with Crippen molar-refractivity contribution < 1.29 is 9.13 Å². The van der Waals surface area contributed by atoms with Crippen LogP contribution in [0.1, 0.15) is 24.8 Å². The molecule has 1 N–H and O–H groups in total. The Bertz CT molecular complexity index is 391. The number of ether oxygens (including phenoxy) is 1. The Morgan fingerprint density at radius 1 is 1.47 bits per heavy atom. The topological polar surface area (TPSA) is 21.3 Å². The van der Waals surface area contributed by atoms with Gasteiger partial charge < -0.3 is 10.1 Å². The molecule has 2 nitrogen and oxygen atoms in total. The summed E-state index contributed by atoms with van der Waals surface area (Å²) in [7, 11) is 1.49. The molecule has 1 unspecified atom stereocenters. The fraction of sp³-hybridized carbons (Fsp3) is 0.538. The van der Waals surface area contributed by atoms with Crippen LogP contribution in [0.3, 0.4) is 0 Å². The van der Waals surface area contributed by atoms with Crippen molar-refractivity contribution in [2.75, 3.05) is 13.7 Å². The number of nitrogens with one attached hydrogen (secondary N) is 1. The molecule has 0 radical (unpaired) electrons. The molecule has 1 heterocycles. The number of piperidine rings is 1. The largest absolute Gasteiger partial charge is 0.494 e. The molecule has 1 atom stereocenters. The Labute approximate surface area is 110 Å². The average molecular weight is 302 g/mol. The van der Waals surface area contributed by atoms with Crippen LogP contribution in [0.4, 0.5) is 4.39 Å². The van der Waals surface area contributed by atoms with Crippen molar-refractivity contribution in [3.05, 3.63) is 28.0 Å². The van der Waals surface area contributed by atoms with Crippen molar-refractivity contribution in [1.82, 2.24) is 5.32 Å². The number of hydrogen-bond donors (Lipinski definition) is 1. The molecule has 1 aromatic carbocycles. The van der Waals surface area contributed by atoms with E-state index in [1.165, 1.54) is 20.0 Å². The van der Waals surface area contributed by atoms with Crippen molar-refractivity contribution in [3.8, 4) is 5.75 Å². The molecule has 17 heavy (non-hydrogen) atoms. The maximum absolute atomic E-state index is 14.1. The SMILES string of the molecule is COc1ccc(Br)c(CC2CCCCN2)c1F. The van der Waals surface area contributed by atoms with Crippen LogP contribution in [0.5, 0.6) is 5.75 Å². The highest BCUT2D eigenvalue weighted by atomic mass is 79.9. The van der Waals surface area contributed by atoms with Crippen molar-refractivity contribution in [2.24, 2.45) is 0 Å². The zero-order valence-electron chi connectivity index (χ0n) is 9.93. The van der Waals surface area contributed by atoms with Crippen LogP contribution >= 0.6 is 15.9 Å². The van der Waals surface area contributed by atoms with Gasteiger partial charge in [0.2, 0.25) is 0 Å². The molecule has 0 saturated carbocycles. The highest BCUT2D eigenvalue weighted by molar-refractivity contribution is 9.10. The summed E-state index contributed by atoms with van der Waals surface area (Å²) in [6, 6.07) is 3.87. The first-order valence-electron chi connectivity index (χ1n) is 5.96. The van der Waals surface area contributed by atoms with Gasteiger partial charge in [0.15, 0.2) is 11.6 Å². The van der Waals surface area contributed by atoms with Crippen molar-refractivity contribution in [2.45, 2.75) is 31.7 Å². The van der Waals surface area contributed by atoms with Gasteiger partial charge in [0.05, 0.1) is 7.11 Å². The van der Waals surface area contributed by atoms with E-state index in [-0.39, 0.29) is 5.82 Å². The Morgan fingerprint density at radius 2 is 2.29 bits per heavy atom. The van der Waals surface area contributed by atoms with Crippen LogP contribution in [-0.2, 0) is 6.42 Å². The molecule has 0 spiro atoms. The van der Waals surface area contributed by atoms with Crippen molar-refractivity contribution in [3.63, 3.8) is 0 Å². The van der Waals surface area contributed by atoms with Crippen LogP contribution in [0.2, 0.25) is 0 Å². The van der Waals surface area contributed by atoms with Crippen LogP contribution in [0.15, 0.2) is 16.6 Å². The van der Waals surface area contributed by atoms with Gasteiger partial charge in [-0.2, -0.15) is 0 Å². The summed E-state index contributed by atoms with van der Waals surface area (Å²) in [4.78, 5) is 0. The Morgan fingerprint density at radius 3 is 2.94 bits per heavy atom. The lowest BCUT2D eigenvalue weighted by molar-refractivity contribution is 0.373. The number of halogens is 2. The summed E-state index contributed by atoms with van der Waals surface area (Å²) < 4.78 is 19.9. The molecule has 1 fully saturated rings. The quantitative estimate of drug-likeness (QED) is 0.925. The third kappa shape index (κ3) is 2.99. The molecular formula is C13H17BrFNO. The number of rotatable bonds is 3. The van der Waals surface area contributed by atoms with E-state index in [0.717, 1.165) is 17.4 Å². The Balaban J connectivity index is 2.18. The maximum atomic E-state index is 14.1. The van der Waals surface area contributed by atoms with Gasteiger partial charge in [-0.3, -0.25) is 0 Å². The zero-order valence-corrected chi connectivity index (χ0v) is 11.5. The highest BCUT2D eigenvalue weighted by Gasteiger charge is 2.19. The molecule has 1 saturated heterocycles. The summed E-state index contributed by atoms with van der Waals surface area (Å²) in [6.07, 6.45) is 4.27. The van der Waals surface area contributed by atoms with Crippen LogP contribution in [0, 0.1) is 5.82 Å². The second-order valence-corrected chi connectivity index (χ2v) is 5.25. The Hall–Kier alpha value is -0.610. The number of methoxy groups -OCH3 is 1. The van der Waals surface area contributed by atoms with Gasteiger partial charge in [0.25, 0.3) is 0 Å². The smallest absolute Gasteiger partial charge is 0.169 e. The fourth-order valence-electron chi connectivity index (χ4n) is 2.27. The normalized spacial score (nSPS) is 20.3. The van der Waals surface area contributed by atoms with Gasteiger partial charge in [-0.05, 0) is 37.9 Å². The first-order valence-corrected chi connectivity index (χ1v) is 6.76. The monoisotopic (exact) mass is 301 g/mol. The Kier molecular flexibility index (Phi) is 4.40. The van der Waals surface area contributed by atoms with E-state index in [9.17, 15) is 4.39 Å². The minimum absolute atomic E-state index is 0.241. The van der Waals surface area contributed by atoms with Crippen molar-refractivity contribution in [1.29, 1.82) is 0 Å². The summed E-state index contributed by atoms with van der Waals surface area (Å²) >= 11 is 3.41. The molecule has 0 aliphatic carbocycles. The van der Waals surface area contributed by atoms with E-state index < -0.39 is 0 Å². The minimum atomic E-state index is -0.241. The van der Waals surface area contributed by atoms with E-state index in [1.807, 2.05) is 6.07 Å². The molecule has 1 aliphatic rings. The van der Waals surface area contributed by atoms with Crippen LogP contribution in [0.25, 0.3) is 0 Å². The molecule has 4 heteroatoms. The molecule has 2 rings (SSSR count). The predicted octanol–water partition coefficient (Wildman–Crippen LogP) is 3.28. The van der Waals surface area contributed by atoms with Gasteiger partial charge >= 0.3 is 0 Å². The second kappa shape index (κ2) is 5.83. The van der Waals surface area contributed by atoms with E-state index in [4.69, 9.17) is 4.74 Å². The average Bonchev–Trinajstić information content (AvgIpc) is 2.36. The summed E-state index contributed by atoms with van der Waals surface area (Å²) in [5.41, 5.74) is 0.712. The highest BCUT2D eigenvalue weighted by Crippen LogP contribution is 2.29. The van der Waals surface area contributed by atoms with Gasteiger partial charge in [-0.15, -0.1) is 0 Å². The first-order chi connectivity index (χ1) is 8.22. The number of benzene rings is 1. The van der Waals surface area contributed by atoms with E-state index in [2.05, 4.69) is 21.2 Å². The van der Waals surface area contributed by atoms with Gasteiger partial charge in [0.1, 0.15) is 0 Å². The lowest BCUT2D eigenvalue weighted by Crippen LogP contribution is -2.35. The fourth-order valence-corrected chi connectivity index (χ4v) is 2.73.